The quantitative estimate of drug-likeness (QED) is 0.773. The Labute approximate surface area is 120 Å². The van der Waals surface area contributed by atoms with E-state index in [0.29, 0.717) is 13.1 Å². The van der Waals surface area contributed by atoms with Gasteiger partial charge in [0.25, 0.3) is 0 Å². The van der Waals surface area contributed by atoms with Crippen molar-refractivity contribution in [2.75, 3.05) is 26.2 Å². The lowest BCUT2D eigenvalue weighted by molar-refractivity contribution is -0.148. The molecule has 110 valence electrons. The Bertz CT molecular complexity index is 330. The molecule has 0 aromatic carbocycles. The van der Waals surface area contributed by atoms with E-state index in [1.807, 2.05) is 13.8 Å². The second-order valence-corrected chi connectivity index (χ2v) is 5.55. The number of rotatable bonds is 2. The average Bonchev–Trinajstić information content (AvgIpc) is 2.38. The van der Waals surface area contributed by atoms with E-state index in [4.69, 9.17) is 0 Å². The van der Waals surface area contributed by atoms with Crippen LogP contribution in [0.5, 0.6) is 0 Å². The highest BCUT2D eigenvalue weighted by molar-refractivity contribution is 5.90. The van der Waals surface area contributed by atoms with Crippen molar-refractivity contribution in [1.29, 1.82) is 0 Å². The highest BCUT2D eigenvalue weighted by Crippen LogP contribution is 2.20. The smallest absolute Gasteiger partial charge is 0.243 e. The van der Waals surface area contributed by atoms with Crippen LogP contribution in [0.2, 0.25) is 0 Å². The zero-order valence-electron chi connectivity index (χ0n) is 11.6. The molecule has 19 heavy (non-hydrogen) atoms. The van der Waals surface area contributed by atoms with Gasteiger partial charge < -0.3 is 15.5 Å². The molecule has 2 fully saturated rings. The third kappa shape index (κ3) is 3.60. The van der Waals surface area contributed by atoms with Gasteiger partial charge >= 0.3 is 0 Å². The van der Waals surface area contributed by atoms with Gasteiger partial charge in [0, 0.05) is 19.6 Å². The predicted molar refractivity (Wildman–Crippen MR) is 76.2 cm³/mol. The maximum absolute atomic E-state index is 12.5. The maximum Gasteiger partial charge on any atom is 0.243 e. The highest BCUT2D eigenvalue weighted by Gasteiger charge is 2.37. The molecule has 6 heteroatoms. The van der Waals surface area contributed by atoms with E-state index in [0.717, 1.165) is 25.9 Å². The maximum atomic E-state index is 12.5. The first-order chi connectivity index (χ1) is 8.61. The Kier molecular flexibility index (Phi) is 6.07. The van der Waals surface area contributed by atoms with E-state index in [-0.39, 0.29) is 42.1 Å². The largest absolute Gasteiger partial charge is 0.353 e. The third-order valence-electron chi connectivity index (χ3n) is 3.82. The lowest BCUT2D eigenvalue weighted by atomic mass is 9.94. The van der Waals surface area contributed by atoms with Crippen LogP contribution in [0, 0.1) is 11.8 Å². The first kappa shape index (κ1) is 16.2. The van der Waals surface area contributed by atoms with Crippen LogP contribution in [0.1, 0.15) is 26.7 Å². The number of nitrogens with one attached hydrogen (secondary N) is 2. The molecular formula is C13H24ClN3O2. The first-order valence-corrected chi connectivity index (χ1v) is 6.90. The van der Waals surface area contributed by atoms with Crippen LogP contribution in [-0.2, 0) is 9.59 Å². The molecule has 2 heterocycles. The molecule has 2 rings (SSSR count). The van der Waals surface area contributed by atoms with Crippen molar-refractivity contribution in [1.82, 2.24) is 15.5 Å². The molecule has 0 aromatic heterocycles. The van der Waals surface area contributed by atoms with Crippen LogP contribution in [-0.4, -0.2) is 48.9 Å². The number of piperidine rings is 1. The Morgan fingerprint density at radius 1 is 1.37 bits per heavy atom. The number of hydrogen-bond donors (Lipinski definition) is 2. The average molecular weight is 290 g/mol. The van der Waals surface area contributed by atoms with Crippen LogP contribution in [0.25, 0.3) is 0 Å². The molecule has 2 atom stereocenters. The summed E-state index contributed by atoms with van der Waals surface area (Å²) in [6.07, 6.45) is 1.98. The van der Waals surface area contributed by atoms with Gasteiger partial charge in [-0.2, -0.15) is 0 Å². The summed E-state index contributed by atoms with van der Waals surface area (Å²) in [6, 6.07) is -0.298. The zero-order chi connectivity index (χ0) is 13.1. The van der Waals surface area contributed by atoms with Crippen molar-refractivity contribution in [3.8, 4) is 0 Å². The number of halogens is 1. The molecule has 0 saturated carbocycles. The molecule has 2 aliphatic heterocycles. The molecule has 2 aliphatic rings. The Hall–Kier alpha value is -0.810. The molecule has 0 aromatic rings. The molecule has 2 N–H and O–H groups in total. The van der Waals surface area contributed by atoms with Gasteiger partial charge in [-0.25, -0.2) is 0 Å². The summed E-state index contributed by atoms with van der Waals surface area (Å²) in [5, 5.41) is 6.11. The molecule has 0 aliphatic carbocycles. The van der Waals surface area contributed by atoms with E-state index in [1.54, 1.807) is 4.90 Å². The van der Waals surface area contributed by atoms with Crippen LogP contribution >= 0.6 is 12.4 Å². The van der Waals surface area contributed by atoms with Gasteiger partial charge in [0.15, 0.2) is 0 Å². The number of amides is 2. The number of nitrogens with zero attached hydrogens (tertiary/aromatic N) is 1. The zero-order valence-corrected chi connectivity index (χ0v) is 12.5. The molecule has 2 amide bonds. The normalized spacial score (nSPS) is 27.7. The lowest BCUT2D eigenvalue weighted by Crippen LogP contribution is -2.61. The van der Waals surface area contributed by atoms with E-state index in [2.05, 4.69) is 10.6 Å². The number of piperazine rings is 1. The SMILES string of the molecule is CC(C)C1C(=O)NCCN1C(=O)C1CCCNC1.Cl. The van der Waals surface area contributed by atoms with E-state index >= 15 is 0 Å². The van der Waals surface area contributed by atoms with Crippen LogP contribution in [0.3, 0.4) is 0 Å². The number of carbonyl (C=O) groups is 2. The van der Waals surface area contributed by atoms with Gasteiger partial charge in [-0.15, -0.1) is 12.4 Å². The Balaban J connectivity index is 0.00000180. The van der Waals surface area contributed by atoms with Crippen molar-refractivity contribution in [3.63, 3.8) is 0 Å². The first-order valence-electron chi connectivity index (χ1n) is 6.90. The summed E-state index contributed by atoms with van der Waals surface area (Å²) in [7, 11) is 0. The second kappa shape index (κ2) is 7.10. The third-order valence-corrected chi connectivity index (χ3v) is 3.82. The molecule has 2 saturated heterocycles. The van der Waals surface area contributed by atoms with Crippen molar-refractivity contribution >= 4 is 24.2 Å². The topological polar surface area (TPSA) is 61.4 Å². The van der Waals surface area contributed by atoms with Crippen molar-refractivity contribution in [2.45, 2.75) is 32.7 Å². The monoisotopic (exact) mass is 289 g/mol. The van der Waals surface area contributed by atoms with Gasteiger partial charge in [-0.1, -0.05) is 13.8 Å². The van der Waals surface area contributed by atoms with Crippen LogP contribution < -0.4 is 10.6 Å². The fourth-order valence-corrected chi connectivity index (χ4v) is 2.89. The lowest BCUT2D eigenvalue weighted by Gasteiger charge is -2.39. The van der Waals surface area contributed by atoms with Gasteiger partial charge in [-0.3, -0.25) is 9.59 Å². The van der Waals surface area contributed by atoms with E-state index in [1.165, 1.54) is 0 Å². The number of carbonyl (C=O) groups excluding carboxylic acids is 2. The summed E-state index contributed by atoms with van der Waals surface area (Å²) in [4.78, 5) is 26.2. The molecule has 0 radical (unpaired) electrons. The summed E-state index contributed by atoms with van der Waals surface area (Å²) in [5.41, 5.74) is 0. The summed E-state index contributed by atoms with van der Waals surface area (Å²) in [6.45, 7) is 6.96. The van der Waals surface area contributed by atoms with Gasteiger partial charge in [0.1, 0.15) is 6.04 Å². The van der Waals surface area contributed by atoms with Gasteiger partial charge in [-0.05, 0) is 25.3 Å². The fourth-order valence-electron chi connectivity index (χ4n) is 2.89. The summed E-state index contributed by atoms with van der Waals surface area (Å²) < 4.78 is 0. The fraction of sp³-hybridized carbons (Fsp3) is 0.846. The summed E-state index contributed by atoms with van der Waals surface area (Å²) in [5.74, 6) is 0.348. The second-order valence-electron chi connectivity index (χ2n) is 5.55. The van der Waals surface area contributed by atoms with Crippen LogP contribution in [0.4, 0.5) is 0 Å². The van der Waals surface area contributed by atoms with E-state index < -0.39 is 0 Å². The van der Waals surface area contributed by atoms with Gasteiger partial charge in [0.05, 0.1) is 5.92 Å². The molecule has 2 unspecified atom stereocenters. The van der Waals surface area contributed by atoms with Gasteiger partial charge in [0.2, 0.25) is 11.8 Å². The Morgan fingerprint density at radius 2 is 2.11 bits per heavy atom. The van der Waals surface area contributed by atoms with Crippen LogP contribution in [0.15, 0.2) is 0 Å². The number of hydrogen-bond acceptors (Lipinski definition) is 3. The van der Waals surface area contributed by atoms with Crippen molar-refractivity contribution in [2.24, 2.45) is 11.8 Å². The van der Waals surface area contributed by atoms with Crippen molar-refractivity contribution < 1.29 is 9.59 Å². The molecule has 5 nitrogen and oxygen atoms in total. The minimum Gasteiger partial charge on any atom is -0.353 e. The summed E-state index contributed by atoms with van der Waals surface area (Å²) >= 11 is 0. The molecule has 0 spiro atoms. The minimum atomic E-state index is -0.298. The molecular weight excluding hydrogens is 266 g/mol. The standard InChI is InChI=1S/C13H23N3O2.ClH/c1-9(2)11-12(17)15-6-7-16(11)13(18)10-4-3-5-14-8-10;/h9-11,14H,3-8H2,1-2H3,(H,15,17);1H. The molecule has 0 bridgehead atoms. The van der Waals surface area contributed by atoms with Crippen molar-refractivity contribution in [3.05, 3.63) is 0 Å². The van der Waals surface area contributed by atoms with E-state index in [9.17, 15) is 9.59 Å². The predicted octanol–water partition coefficient (Wildman–Crippen LogP) is 0.391. The Morgan fingerprint density at radius 3 is 2.68 bits per heavy atom. The highest BCUT2D eigenvalue weighted by atomic mass is 35.5. The minimum absolute atomic E-state index is 0.